The number of allylic oxidation sites excluding steroid dienone is 1. The van der Waals surface area contributed by atoms with Gasteiger partial charge in [0.05, 0.1) is 0 Å². The molecule has 56 valence electrons. The van der Waals surface area contributed by atoms with Crippen molar-refractivity contribution in [1.29, 1.82) is 0 Å². The van der Waals surface area contributed by atoms with Crippen LogP contribution < -0.4 is 0 Å². The van der Waals surface area contributed by atoms with Crippen LogP contribution in [0.1, 0.15) is 6.92 Å². The zero-order chi connectivity index (χ0) is 8.41. The van der Waals surface area contributed by atoms with E-state index in [2.05, 4.69) is 22.8 Å². The molecule has 0 saturated heterocycles. The third kappa shape index (κ3) is 32.7. The van der Waals surface area contributed by atoms with E-state index < -0.39 is 6.16 Å². The van der Waals surface area contributed by atoms with E-state index >= 15 is 0 Å². The number of hydrogen-bond donors (Lipinski definition) is 1. The van der Waals surface area contributed by atoms with Gasteiger partial charge < -0.3 is 5.11 Å². The Labute approximate surface area is 59.0 Å². The lowest BCUT2D eigenvalue weighted by Gasteiger charge is -1.85. The Balaban J connectivity index is 0. The summed E-state index contributed by atoms with van der Waals surface area (Å²) in [5, 5.41) is 7.60. The van der Waals surface area contributed by atoms with Crippen LogP contribution in [0.5, 0.6) is 0 Å². The van der Waals surface area contributed by atoms with Crippen molar-refractivity contribution in [3.63, 3.8) is 0 Å². The highest BCUT2D eigenvalue weighted by Gasteiger charge is 1.91. The van der Waals surface area contributed by atoms with Gasteiger partial charge in [-0.1, -0.05) is 12.5 Å². The topological polar surface area (TPSA) is 55.8 Å². The third-order valence-corrected chi connectivity index (χ3v) is 0.161. The van der Waals surface area contributed by atoms with E-state index in [-0.39, 0.29) is 0 Å². The molecule has 0 aromatic heterocycles. The average molecular weight is 144 g/mol. The molecule has 4 heteroatoms. The van der Waals surface area contributed by atoms with Gasteiger partial charge in [-0.2, -0.15) is 4.89 Å². The molecule has 0 atom stereocenters. The summed E-state index contributed by atoms with van der Waals surface area (Å²) in [5.41, 5.74) is 0. The summed E-state index contributed by atoms with van der Waals surface area (Å²) in [7, 11) is 0. The fourth-order valence-electron chi connectivity index (χ4n) is 0.0597. The van der Waals surface area contributed by atoms with Crippen LogP contribution in [0.4, 0.5) is 4.79 Å². The van der Waals surface area contributed by atoms with Crippen molar-refractivity contribution in [2.24, 2.45) is 0 Å². The zero-order valence-electron chi connectivity index (χ0n) is 5.53. The van der Waals surface area contributed by atoms with E-state index in [9.17, 15) is 4.79 Å². The molecule has 0 spiro atoms. The second-order valence-corrected chi connectivity index (χ2v) is 0.959. The first kappa shape index (κ1) is 11.2. The van der Waals surface area contributed by atoms with Crippen LogP contribution in [0.2, 0.25) is 0 Å². The second kappa shape index (κ2) is 10.4. The Morgan fingerprint density at radius 3 is 2.40 bits per heavy atom. The number of carbonyl (C=O) groups is 1. The molecule has 0 heterocycles. The minimum absolute atomic E-state index is 1.50. The van der Waals surface area contributed by atoms with Crippen LogP contribution in [0, 0.1) is 12.5 Å². The van der Waals surface area contributed by atoms with E-state index in [1.54, 1.807) is 6.08 Å². The predicted molar refractivity (Wildman–Crippen MR) is 34.9 cm³/mol. The maximum atomic E-state index is 9.32. The number of terminal acetylenes is 1. The van der Waals surface area contributed by atoms with Crippen molar-refractivity contribution >= 4 is 6.16 Å². The van der Waals surface area contributed by atoms with Crippen LogP contribution in [-0.2, 0) is 9.78 Å². The minimum Gasteiger partial charge on any atom is -0.447 e. The highest BCUT2D eigenvalue weighted by Crippen LogP contribution is 1.73. The molecule has 0 rings (SSSR count). The van der Waals surface area contributed by atoms with Crippen molar-refractivity contribution in [3.05, 3.63) is 12.7 Å². The van der Waals surface area contributed by atoms with Crippen LogP contribution >= 0.6 is 0 Å². The molecular formula is C6H8O4. The smallest absolute Gasteiger partial charge is 0.447 e. The summed E-state index contributed by atoms with van der Waals surface area (Å²) < 4.78 is 0. The molecule has 0 aromatic rings. The molecule has 0 amide bonds. The van der Waals surface area contributed by atoms with Gasteiger partial charge in [0, 0.05) is 0 Å². The normalized spacial score (nSPS) is 5.60. The highest BCUT2D eigenvalue weighted by molar-refractivity contribution is 5.55. The van der Waals surface area contributed by atoms with Crippen molar-refractivity contribution in [2.45, 2.75) is 6.92 Å². The molecule has 4 nitrogen and oxygen atoms in total. The number of rotatable bonds is 1. The van der Waals surface area contributed by atoms with E-state index in [0.717, 1.165) is 0 Å². The maximum absolute atomic E-state index is 9.32. The van der Waals surface area contributed by atoms with E-state index in [1.165, 1.54) is 6.11 Å². The van der Waals surface area contributed by atoms with Crippen molar-refractivity contribution in [2.75, 3.05) is 0 Å². The minimum atomic E-state index is -1.56. The zero-order valence-corrected chi connectivity index (χ0v) is 5.53. The summed E-state index contributed by atoms with van der Waals surface area (Å²) in [6.07, 6.45) is 6.10. The van der Waals surface area contributed by atoms with Gasteiger partial charge in [-0.05, 0) is 6.92 Å². The van der Waals surface area contributed by atoms with E-state index in [4.69, 9.17) is 5.11 Å². The SMILES string of the molecule is C#COOC(=O)O.C=CC. The molecule has 0 bridgehead atoms. The number of carboxylic acid groups (broad SMARTS) is 1. The highest BCUT2D eigenvalue weighted by atomic mass is 17.2. The fourth-order valence-corrected chi connectivity index (χ4v) is 0.0597. The predicted octanol–water partition coefficient (Wildman–Crippen LogP) is 1.40. The molecule has 0 aromatic carbocycles. The van der Waals surface area contributed by atoms with Crippen LogP contribution in [0.3, 0.4) is 0 Å². The fraction of sp³-hybridized carbons (Fsp3) is 0.167. The molecule has 0 unspecified atom stereocenters. The molecular weight excluding hydrogens is 136 g/mol. The van der Waals surface area contributed by atoms with Gasteiger partial charge in [0.25, 0.3) is 0 Å². The standard InChI is InChI=1S/C3H2O4.C3H6/c1-2-6-7-3(4)5;1-3-2/h1H,(H,4,5);3H,1H2,2H3. The first-order valence-electron chi connectivity index (χ1n) is 2.28. The largest absolute Gasteiger partial charge is 0.547 e. The lowest BCUT2D eigenvalue weighted by atomic mass is 10.8. The van der Waals surface area contributed by atoms with Crippen LogP contribution in [0.15, 0.2) is 12.7 Å². The molecule has 0 fully saturated rings. The van der Waals surface area contributed by atoms with Gasteiger partial charge >= 0.3 is 6.16 Å². The van der Waals surface area contributed by atoms with Gasteiger partial charge in [0.1, 0.15) is 0 Å². The molecule has 0 aliphatic rings. The summed E-state index contributed by atoms with van der Waals surface area (Å²) >= 11 is 0. The molecule has 1 N–H and O–H groups in total. The average Bonchev–Trinajstić information content (AvgIpc) is 1.85. The first-order chi connectivity index (χ1) is 4.68. The van der Waals surface area contributed by atoms with Crippen molar-refractivity contribution in [1.82, 2.24) is 0 Å². The van der Waals surface area contributed by atoms with Crippen molar-refractivity contribution in [3.8, 4) is 12.5 Å². The van der Waals surface area contributed by atoms with Gasteiger partial charge in [-0.3, -0.25) is 0 Å². The first-order valence-corrected chi connectivity index (χ1v) is 2.28. The van der Waals surface area contributed by atoms with Gasteiger partial charge in [-0.25, -0.2) is 9.68 Å². The Morgan fingerprint density at radius 1 is 1.90 bits per heavy atom. The Hall–Kier alpha value is -1.63. The number of hydrogen-bond acceptors (Lipinski definition) is 3. The molecule has 0 aliphatic heterocycles. The summed E-state index contributed by atoms with van der Waals surface area (Å²) in [4.78, 5) is 16.2. The summed E-state index contributed by atoms with van der Waals surface area (Å²) in [6.45, 7) is 5.25. The van der Waals surface area contributed by atoms with Gasteiger partial charge in [0.2, 0.25) is 0 Å². The monoisotopic (exact) mass is 144 g/mol. The lowest BCUT2D eigenvalue weighted by molar-refractivity contribution is -0.189. The lowest BCUT2D eigenvalue weighted by Crippen LogP contribution is -1.96. The van der Waals surface area contributed by atoms with Gasteiger partial charge in [-0.15, -0.1) is 6.58 Å². The second-order valence-electron chi connectivity index (χ2n) is 0.959. The van der Waals surface area contributed by atoms with Crippen molar-refractivity contribution < 1.29 is 19.7 Å². The Bertz CT molecular complexity index is 133. The molecule has 0 radical (unpaired) electrons. The molecule has 0 aliphatic carbocycles. The summed E-state index contributed by atoms with van der Waals surface area (Å²) in [5.74, 6) is 0. The Kier molecular flexibility index (Phi) is 11.6. The maximum Gasteiger partial charge on any atom is 0.547 e. The van der Waals surface area contributed by atoms with Crippen LogP contribution in [0.25, 0.3) is 0 Å². The molecule has 0 saturated carbocycles. The van der Waals surface area contributed by atoms with E-state index in [0.29, 0.717) is 0 Å². The Morgan fingerprint density at radius 2 is 2.30 bits per heavy atom. The van der Waals surface area contributed by atoms with E-state index in [1.807, 2.05) is 6.92 Å². The molecule has 10 heavy (non-hydrogen) atoms. The van der Waals surface area contributed by atoms with Gasteiger partial charge in [0.15, 0.2) is 6.11 Å². The third-order valence-electron chi connectivity index (χ3n) is 0.161. The quantitative estimate of drug-likeness (QED) is 0.261. The van der Waals surface area contributed by atoms with Crippen LogP contribution in [-0.4, -0.2) is 11.3 Å². The summed E-state index contributed by atoms with van der Waals surface area (Å²) in [6, 6.07) is 0.